The zero-order valence-corrected chi connectivity index (χ0v) is 13.8. The van der Waals surface area contributed by atoms with Crippen molar-refractivity contribution >= 4 is 40.6 Å². The molecule has 0 aliphatic carbocycles. The summed E-state index contributed by atoms with van der Waals surface area (Å²) in [6.45, 7) is 3.65. The number of amides is 1. The van der Waals surface area contributed by atoms with Gasteiger partial charge in [0, 0.05) is 29.2 Å². The van der Waals surface area contributed by atoms with Gasteiger partial charge in [-0.3, -0.25) is 4.79 Å². The van der Waals surface area contributed by atoms with Crippen molar-refractivity contribution in [3.8, 4) is 0 Å². The fraction of sp³-hybridized carbons (Fsp3) is 0.467. The number of thioether (sulfide) groups is 1. The first kappa shape index (κ1) is 16.1. The molecule has 1 fully saturated rings. The summed E-state index contributed by atoms with van der Waals surface area (Å²) in [6, 6.07) is 6.09. The van der Waals surface area contributed by atoms with Crippen molar-refractivity contribution in [2.75, 3.05) is 23.7 Å². The van der Waals surface area contributed by atoms with E-state index in [4.69, 9.17) is 23.7 Å². The van der Waals surface area contributed by atoms with Gasteiger partial charge in [0.2, 0.25) is 5.91 Å². The van der Waals surface area contributed by atoms with Crippen LogP contribution in [0.25, 0.3) is 0 Å². The lowest BCUT2D eigenvalue weighted by molar-refractivity contribution is -0.122. The number of piperidine rings is 1. The predicted molar refractivity (Wildman–Crippen MR) is 92.9 cm³/mol. The van der Waals surface area contributed by atoms with Gasteiger partial charge in [-0.05, 0) is 30.7 Å². The van der Waals surface area contributed by atoms with E-state index in [9.17, 15) is 4.79 Å². The van der Waals surface area contributed by atoms with E-state index >= 15 is 0 Å². The lowest BCUT2D eigenvalue weighted by Crippen LogP contribution is -2.42. The molecule has 4 N–H and O–H groups in total. The van der Waals surface area contributed by atoms with Gasteiger partial charge in [-0.25, -0.2) is 0 Å². The Balaban J connectivity index is 2.36. The highest BCUT2D eigenvalue weighted by molar-refractivity contribution is 7.99. The lowest BCUT2D eigenvalue weighted by atomic mass is 9.96. The number of rotatable bonds is 5. The van der Waals surface area contributed by atoms with Gasteiger partial charge < -0.3 is 16.4 Å². The molecule has 0 aromatic heterocycles. The largest absolute Gasteiger partial charge is 0.389 e. The minimum absolute atomic E-state index is 0.0968. The first-order valence-electron chi connectivity index (χ1n) is 7.14. The van der Waals surface area contributed by atoms with Crippen LogP contribution in [-0.4, -0.2) is 29.7 Å². The van der Waals surface area contributed by atoms with Crippen LogP contribution in [0.2, 0.25) is 0 Å². The molecule has 114 valence electrons. The smallest absolute Gasteiger partial charge is 0.222 e. The molecule has 0 spiro atoms. The standard InChI is InChI=1S/C15H21N3OS2/c1-2-21-12-7-3-6-11(13(12)15(17)20)18-8-4-5-10(9-18)14(16)19/h3,6-7,10H,2,4-5,8-9H2,1H3,(H2,16,19)(H2,17,20). The topological polar surface area (TPSA) is 72.3 Å². The van der Waals surface area contributed by atoms with Crippen molar-refractivity contribution in [1.29, 1.82) is 0 Å². The monoisotopic (exact) mass is 323 g/mol. The molecule has 1 aliphatic rings. The summed E-state index contributed by atoms with van der Waals surface area (Å²) in [5.74, 6) is 0.638. The number of carbonyl (C=O) groups excluding carboxylic acids is 1. The minimum Gasteiger partial charge on any atom is -0.389 e. The van der Waals surface area contributed by atoms with Crippen molar-refractivity contribution in [2.45, 2.75) is 24.7 Å². The predicted octanol–water partition coefficient (Wildman–Crippen LogP) is 2.13. The van der Waals surface area contributed by atoms with Crippen molar-refractivity contribution in [3.63, 3.8) is 0 Å². The SMILES string of the molecule is CCSc1cccc(N2CCCC(C(N)=O)C2)c1C(N)=S. The fourth-order valence-corrected chi connectivity index (χ4v) is 3.86. The van der Waals surface area contributed by atoms with E-state index in [-0.39, 0.29) is 11.8 Å². The average Bonchev–Trinajstić information content (AvgIpc) is 2.47. The Labute approximate surface area is 135 Å². The van der Waals surface area contributed by atoms with Crippen molar-refractivity contribution in [3.05, 3.63) is 23.8 Å². The van der Waals surface area contributed by atoms with Gasteiger partial charge in [-0.2, -0.15) is 0 Å². The summed E-state index contributed by atoms with van der Waals surface area (Å²) in [7, 11) is 0. The van der Waals surface area contributed by atoms with Crippen molar-refractivity contribution < 1.29 is 4.79 Å². The van der Waals surface area contributed by atoms with Gasteiger partial charge in [-0.1, -0.05) is 25.2 Å². The molecule has 0 radical (unpaired) electrons. The molecule has 1 aromatic rings. The Hall–Kier alpha value is -1.27. The number of thiocarbonyl (C=S) groups is 1. The second-order valence-corrected chi connectivity index (χ2v) is 6.88. The van der Waals surface area contributed by atoms with Gasteiger partial charge in [-0.15, -0.1) is 11.8 Å². The normalized spacial score (nSPS) is 18.5. The zero-order chi connectivity index (χ0) is 15.4. The van der Waals surface area contributed by atoms with E-state index in [1.165, 1.54) is 0 Å². The molecule has 0 saturated carbocycles. The van der Waals surface area contributed by atoms with Crippen LogP contribution in [0, 0.1) is 5.92 Å². The van der Waals surface area contributed by atoms with Crippen molar-refractivity contribution in [2.24, 2.45) is 17.4 Å². The summed E-state index contributed by atoms with van der Waals surface area (Å²) < 4.78 is 0. The van der Waals surface area contributed by atoms with E-state index < -0.39 is 0 Å². The summed E-state index contributed by atoms with van der Waals surface area (Å²) in [5.41, 5.74) is 13.4. The maximum Gasteiger partial charge on any atom is 0.222 e. The Morgan fingerprint density at radius 3 is 2.86 bits per heavy atom. The van der Waals surface area contributed by atoms with E-state index in [0.717, 1.165) is 41.3 Å². The van der Waals surface area contributed by atoms with Crippen LogP contribution in [-0.2, 0) is 4.79 Å². The van der Waals surface area contributed by atoms with Crippen LogP contribution >= 0.6 is 24.0 Å². The van der Waals surface area contributed by atoms with Gasteiger partial charge in [0.1, 0.15) is 4.99 Å². The highest BCUT2D eigenvalue weighted by Crippen LogP contribution is 2.33. The third kappa shape index (κ3) is 3.68. The third-order valence-electron chi connectivity index (χ3n) is 3.71. The number of hydrogen-bond donors (Lipinski definition) is 2. The average molecular weight is 323 g/mol. The van der Waals surface area contributed by atoms with Crippen LogP contribution in [0.1, 0.15) is 25.3 Å². The molecule has 6 heteroatoms. The van der Waals surface area contributed by atoms with Gasteiger partial charge >= 0.3 is 0 Å². The maximum atomic E-state index is 11.5. The molecule has 1 unspecified atom stereocenters. The first-order chi connectivity index (χ1) is 10.0. The molecule has 1 aliphatic heterocycles. The molecule has 1 amide bonds. The first-order valence-corrected chi connectivity index (χ1v) is 8.53. The molecule has 21 heavy (non-hydrogen) atoms. The Kier molecular flexibility index (Phi) is 5.47. The van der Waals surface area contributed by atoms with E-state index in [2.05, 4.69) is 11.8 Å². The van der Waals surface area contributed by atoms with Crippen LogP contribution in [0.4, 0.5) is 5.69 Å². The third-order valence-corrected chi connectivity index (χ3v) is 4.86. The minimum atomic E-state index is -0.226. The Morgan fingerprint density at radius 2 is 2.24 bits per heavy atom. The summed E-state index contributed by atoms with van der Waals surface area (Å²) in [6.07, 6.45) is 1.81. The van der Waals surface area contributed by atoms with E-state index in [0.29, 0.717) is 11.5 Å². The molecule has 0 bridgehead atoms. The highest BCUT2D eigenvalue weighted by atomic mass is 32.2. The molecule has 1 atom stereocenters. The number of benzene rings is 1. The van der Waals surface area contributed by atoms with Gasteiger partial charge in [0.15, 0.2) is 0 Å². The van der Waals surface area contributed by atoms with Crippen LogP contribution in [0.5, 0.6) is 0 Å². The second-order valence-electron chi connectivity index (χ2n) is 5.14. The Bertz CT molecular complexity index is 548. The summed E-state index contributed by atoms with van der Waals surface area (Å²) in [4.78, 5) is 15.2. The highest BCUT2D eigenvalue weighted by Gasteiger charge is 2.26. The summed E-state index contributed by atoms with van der Waals surface area (Å²) in [5, 5.41) is 0. The molecule has 1 saturated heterocycles. The zero-order valence-electron chi connectivity index (χ0n) is 12.2. The molecular formula is C15H21N3OS2. The number of hydrogen-bond acceptors (Lipinski definition) is 4. The molecular weight excluding hydrogens is 302 g/mol. The van der Waals surface area contributed by atoms with E-state index in [1.807, 2.05) is 18.2 Å². The van der Waals surface area contributed by atoms with Gasteiger partial charge in [0.05, 0.1) is 5.92 Å². The number of nitrogens with two attached hydrogens (primary N) is 2. The number of anilines is 1. The number of carbonyl (C=O) groups is 1. The molecule has 1 aromatic carbocycles. The lowest BCUT2D eigenvalue weighted by Gasteiger charge is -2.34. The molecule has 1 heterocycles. The molecule has 2 rings (SSSR count). The van der Waals surface area contributed by atoms with E-state index in [1.54, 1.807) is 11.8 Å². The van der Waals surface area contributed by atoms with Crippen LogP contribution in [0.15, 0.2) is 23.1 Å². The van der Waals surface area contributed by atoms with Gasteiger partial charge in [0.25, 0.3) is 0 Å². The molecule has 4 nitrogen and oxygen atoms in total. The van der Waals surface area contributed by atoms with Crippen molar-refractivity contribution in [1.82, 2.24) is 0 Å². The fourth-order valence-electron chi connectivity index (χ4n) is 2.73. The second kappa shape index (κ2) is 7.13. The number of primary amides is 1. The maximum absolute atomic E-state index is 11.5. The van der Waals surface area contributed by atoms with Crippen LogP contribution < -0.4 is 16.4 Å². The number of nitrogens with zero attached hydrogens (tertiary/aromatic N) is 1. The quantitative estimate of drug-likeness (QED) is 0.641. The summed E-state index contributed by atoms with van der Waals surface area (Å²) >= 11 is 6.98. The Morgan fingerprint density at radius 1 is 1.48 bits per heavy atom. The van der Waals surface area contributed by atoms with Crippen LogP contribution in [0.3, 0.4) is 0 Å².